The molecule has 1 atom stereocenters. The number of nitrogens with zero attached hydrogens (tertiary/aromatic N) is 2. The van der Waals surface area contributed by atoms with Gasteiger partial charge in [0.1, 0.15) is 6.04 Å². The Hall–Kier alpha value is -3.39. The van der Waals surface area contributed by atoms with Crippen LogP contribution >= 0.6 is 0 Å². The maximum absolute atomic E-state index is 13.2. The van der Waals surface area contributed by atoms with Crippen LogP contribution < -0.4 is 11.1 Å². The molecule has 0 radical (unpaired) electrons. The first-order valence-corrected chi connectivity index (χ1v) is 12.4. The lowest BCUT2D eigenvalue weighted by molar-refractivity contribution is -0.141. The molecule has 0 saturated carbocycles. The summed E-state index contributed by atoms with van der Waals surface area (Å²) >= 11 is 0. The zero-order valence-corrected chi connectivity index (χ0v) is 20.0. The maximum atomic E-state index is 13.2. The molecule has 2 aromatic carbocycles. The monoisotopic (exact) mass is 478 g/mol. The van der Waals surface area contributed by atoms with E-state index in [4.69, 9.17) is 5.73 Å². The summed E-state index contributed by atoms with van der Waals surface area (Å²) in [5.74, 6) is -0.704. The minimum absolute atomic E-state index is 0.00695. The van der Waals surface area contributed by atoms with Gasteiger partial charge in [0.25, 0.3) is 5.91 Å². The van der Waals surface area contributed by atoms with Crippen LogP contribution in [0.25, 0.3) is 0 Å². The van der Waals surface area contributed by atoms with Crippen molar-refractivity contribution in [2.75, 3.05) is 31.5 Å². The second-order valence-electron chi connectivity index (χ2n) is 9.48. The van der Waals surface area contributed by atoms with Crippen molar-refractivity contribution < 1.29 is 19.5 Å². The van der Waals surface area contributed by atoms with Gasteiger partial charge in [-0.3, -0.25) is 14.4 Å². The number of carboxylic acid groups (broad SMARTS) is 1. The fourth-order valence-corrected chi connectivity index (χ4v) is 5.01. The fourth-order valence-electron chi connectivity index (χ4n) is 5.01. The van der Waals surface area contributed by atoms with Gasteiger partial charge in [-0.25, -0.2) is 0 Å². The average molecular weight is 479 g/mol. The van der Waals surface area contributed by atoms with Crippen molar-refractivity contribution in [1.29, 1.82) is 0 Å². The number of carbonyl (C=O) groups excluding carboxylic acids is 2. The lowest BCUT2D eigenvalue weighted by Gasteiger charge is -2.32. The first kappa shape index (κ1) is 24.7. The molecule has 8 nitrogen and oxygen atoms in total. The number of anilines is 1. The summed E-state index contributed by atoms with van der Waals surface area (Å²) in [6.45, 7) is 2.91. The van der Waals surface area contributed by atoms with Crippen molar-refractivity contribution in [3.05, 3.63) is 65.2 Å². The van der Waals surface area contributed by atoms with Gasteiger partial charge in [-0.1, -0.05) is 30.3 Å². The number of nitrogens with two attached hydrogens (primary N) is 1. The Morgan fingerprint density at radius 1 is 1.09 bits per heavy atom. The summed E-state index contributed by atoms with van der Waals surface area (Å²) < 4.78 is 0. The zero-order chi connectivity index (χ0) is 24.8. The topological polar surface area (TPSA) is 116 Å². The van der Waals surface area contributed by atoms with Crippen LogP contribution in [0, 0.1) is 5.92 Å². The standard InChI is InChI=1S/C27H34N4O4/c28-12-8-20-9-13-30(14-10-20)26(34)21-6-7-23-22(16-21)18-31(15-11-19-4-2-1-3-5-19)27(35)24(29-23)17-25(32)33/h1-7,16,20,24,29H,8-15,17-18,28H2,(H,32,33). The molecule has 1 saturated heterocycles. The molecule has 186 valence electrons. The number of piperidine rings is 1. The van der Waals surface area contributed by atoms with Crippen LogP contribution in [0.3, 0.4) is 0 Å². The molecule has 0 aliphatic carbocycles. The minimum atomic E-state index is -1.04. The lowest BCUT2D eigenvalue weighted by atomic mass is 9.93. The number of carbonyl (C=O) groups is 3. The summed E-state index contributed by atoms with van der Waals surface area (Å²) in [5, 5.41) is 12.5. The van der Waals surface area contributed by atoms with Gasteiger partial charge in [0.05, 0.1) is 6.42 Å². The van der Waals surface area contributed by atoms with Crippen LogP contribution in [0.15, 0.2) is 48.5 Å². The molecule has 0 aromatic heterocycles. The van der Waals surface area contributed by atoms with Gasteiger partial charge >= 0.3 is 5.97 Å². The van der Waals surface area contributed by atoms with Gasteiger partial charge in [-0.15, -0.1) is 0 Å². The highest BCUT2D eigenvalue weighted by molar-refractivity contribution is 5.96. The van der Waals surface area contributed by atoms with Crippen molar-refractivity contribution in [2.45, 2.75) is 44.7 Å². The van der Waals surface area contributed by atoms with Crippen molar-refractivity contribution in [2.24, 2.45) is 11.7 Å². The van der Waals surface area contributed by atoms with Crippen molar-refractivity contribution in [3.8, 4) is 0 Å². The molecule has 35 heavy (non-hydrogen) atoms. The van der Waals surface area contributed by atoms with E-state index in [2.05, 4.69) is 5.32 Å². The van der Waals surface area contributed by atoms with E-state index < -0.39 is 12.0 Å². The van der Waals surface area contributed by atoms with Crippen LogP contribution in [0.2, 0.25) is 0 Å². The van der Waals surface area contributed by atoms with Crippen LogP contribution in [-0.2, 0) is 22.6 Å². The highest BCUT2D eigenvalue weighted by Gasteiger charge is 2.31. The third-order valence-corrected chi connectivity index (χ3v) is 7.02. The predicted octanol–water partition coefficient (Wildman–Crippen LogP) is 2.73. The second-order valence-corrected chi connectivity index (χ2v) is 9.48. The Balaban J connectivity index is 1.52. The quantitative estimate of drug-likeness (QED) is 0.537. The Morgan fingerprint density at radius 2 is 1.83 bits per heavy atom. The van der Waals surface area contributed by atoms with Crippen molar-refractivity contribution in [3.63, 3.8) is 0 Å². The van der Waals surface area contributed by atoms with E-state index in [1.54, 1.807) is 17.0 Å². The summed E-state index contributed by atoms with van der Waals surface area (Å²) in [7, 11) is 0. The van der Waals surface area contributed by atoms with Gasteiger partial charge in [0.2, 0.25) is 5.91 Å². The molecule has 1 unspecified atom stereocenters. The molecule has 8 heteroatoms. The van der Waals surface area contributed by atoms with Crippen molar-refractivity contribution >= 4 is 23.5 Å². The fraction of sp³-hybridized carbons (Fsp3) is 0.444. The number of rotatable bonds is 8. The Bertz CT molecular complexity index is 1050. The molecule has 0 bridgehead atoms. The van der Waals surface area contributed by atoms with Crippen LogP contribution in [0.1, 0.15) is 47.2 Å². The summed E-state index contributed by atoms with van der Waals surface area (Å²) in [5.41, 5.74) is 8.91. The van der Waals surface area contributed by atoms with E-state index >= 15 is 0 Å². The number of carboxylic acids is 1. The highest BCUT2D eigenvalue weighted by atomic mass is 16.4. The number of nitrogens with one attached hydrogen (secondary N) is 1. The Kier molecular flexibility index (Phi) is 8.02. The molecule has 2 aliphatic rings. The normalized spacial score (nSPS) is 18.5. The second kappa shape index (κ2) is 11.4. The molecule has 2 heterocycles. The molecular formula is C27H34N4O4. The third kappa shape index (κ3) is 6.19. The molecular weight excluding hydrogens is 444 g/mol. The Morgan fingerprint density at radius 3 is 2.51 bits per heavy atom. The predicted molar refractivity (Wildman–Crippen MR) is 134 cm³/mol. The number of fused-ring (bicyclic) bond motifs is 1. The number of amides is 2. The average Bonchev–Trinajstić information content (AvgIpc) is 2.99. The zero-order valence-electron chi connectivity index (χ0n) is 20.0. The van der Waals surface area contributed by atoms with E-state index in [1.807, 2.05) is 41.3 Å². The third-order valence-electron chi connectivity index (χ3n) is 7.02. The van der Waals surface area contributed by atoms with E-state index in [9.17, 15) is 19.5 Å². The molecule has 0 spiro atoms. The lowest BCUT2D eigenvalue weighted by Crippen LogP contribution is -2.42. The van der Waals surface area contributed by atoms with Gasteiger partial charge in [-0.2, -0.15) is 0 Å². The van der Waals surface area contributed by atoms with E-state index in [0.717, 1.165) is 43.5 Å². The Labute approximate surface area is 206 Å². The van der Waals surface area contributed by atoms with Gasteiger partial charge in [0, 0.05) is 37.4 Å². The largest absolute Gasteiger partial charge is 0.481 e. The number of aliphatic carboxylic acids is 1. The summed E-state index contributed by atoms with van der Waals surface area (Å²) in [6.07, 6.45) is 3.29. The first-order valence-electron chi connectivity index (χ1n) is 12.4. The van der Waals surface area contributed by atoms with E-state index in [1.165, 1.54) is 0 Å². The number of hydrogen-bond donors (Lipinski definition) is 3. The molecule has 2 amide bonds. The number of hydrogen-bond acceptors (Lipinski definition) is 5. The number of benzene rings is 2. The van der Waals surface area contributed by atoms with Crippen LogP contribution in [0.4, 0.5) is 5.69 Å². The van der Waals surface area contributed by atoms with Gasteiger partial charge < -0.3 is 26.0 Å². The van der Waals surface area contributed by atoms with E-state index in [-0.39, 0.29) is 18.2 Å². The van der Waals surface area contributed by atoms with E-state index in [0.29, 0.717) is 43.2 Å². The summed E-state index contributed by atoms with van der Waals surface area (Å²) in [4.78, 5) is 41.5. The molecule has 4 rings (SSSR count). The number of likely N-dealkylation sites (tertiary alicyclic amines) is 1. The maximum Gasteiger partial charge on any atom is 0.305 e. The van der Waals surface area contributed by atoms with Gasteiger partial charge in [0.15, 0.2) is 0 Å². The van der Waals surface area contributed by atoms with Crippen molar-refractivity contribution in [1.82, 2.24) is 9.80 Å². The SMILES string of the molecule is NCCC1CCN(C(=O)c2ccc3c(c2)CN(CCc2ccccc2)C(=O)C(CC(=O)O)N3)CC1. The van der Waals surface area contributed by atoms with Crippen LogP contribution in [-0.4, -0.2) is 64.9 Å². The van der Waals surface area contributed by atoms with Crippen LogP contribution in [0.5, 0.6) is 0 Å². The molecule has 1 fully saturated rings. The van der Waals surface area contributed by atoms with Gasteiger partial charge in [-0.05, 0) is 67.5 Å². The molecule has 2 aliphatic heterocycles. The minimum Gasteiger partial charge on any atom is -0.481 e. The molecule has 4 N–H and O–H groups in total. The molecule has 2 aromatic rings. The first-order chi connectivity index (χ1) is 16.9. The highest BCUT2D eigenvalue weighted by Crippen LogP contribution is 2.27. The smallest absolute Gasteiger partial charge is 0.305 e. The summed E-state index contributed by atoms with van der Waals surface area (Å²) in [6, 6.07) is 14.4.